The second-order valence-electron chi connectivity index (χ2n) is 7.64. The van der Waals surface area contributed by atoms with Gasteiger partial charge in [0.15, 0.2) is 0 Å². The number of amides is 1. The van der Waals surface area contributed by atoms with Crippen molar-refractivity contribution < 1.29 is 18.0 Å². The Morgan fingerprint density at radius 1 is 1.14 bits per heavy atom. The van der Waals surface area contributed by atoms with Gasteiger partial charge in [-0.1, -0.05) is 41.9 Å². The number of alkyl halides is 3. The third kappa shape index (κ3) is 4.93. The Morgan fingerprint density at radius 3 is 2.45 bits per heavy atom. The van der Waals surface area contributed by atoms with Gasteiger partial charge in [0.1, 0.15) is 0 Å². The van der Waals surface area contributed by atoms with Gasteiger partial charge in [-0.3, -0.25) is 4.79 Å². The van der Waals surface area contributed by atoms with Crippen molar-refractivity contribution in [1.29, 1.82) is 0 Å². The first-order valence-electron chi connectivity index (χ1n) is 9.64. The number of benzene rings is 2. The fourth-order valence-corrected chi connectivity index (χ4v) is 4.33. The minimum absolute atomic E-state index is 0.0689. The van der Waals surface area contributed by atoms with Gasteiger partial charge in [-0.25, -0.2) is 0 Å². The predicted molar refractivity (Wildman–Crippen MR) is 107 cm³/mol. The number of hydrogen-bond donors (Lipinski definition) is 2. The SMILES string of the molecule is NCC1(c2cccc(Cl)c2)CCC(C(=O)NCc2ccccc2C(F)(F)F)CC1. The van der Waals surface area contributed by atoms with E-state index in [9.17, 15) is 18.0 Å². The zero-order valence-electron chi connectivity index (χ0n) is 15.9. The van der Waals surface area contributed by atoms with Crippen LogP contribution in [-0.4, -0.2) is 12.5 Å². The number of hydrogen-bond acceptors (Lipinski definition) is 2. The lowest BCUT2D eigenvalue weighted by Crippen LogP contribution is -2.42. The molecule has 1 amide bonds. The van der Waals surface area contributed by atoms with Crippen LogP contribution >= 0.6 is 11.6 Å². The molecule has 0 saturated heterocycles. The molecule has 1 aliphatic carbocycles. The van der Waals surface area contributed by atoms with Crippen LogP contribution in [0.2, 0.25) is 5.02 Å². The van der Waals surface area contributed by atoms with E-state index in [4.69, 9.17) is 17.3 Å². The number of carbonyl (C=O) groups is 1. The molecule has 3 rings (SSSR count). The second-order valence-corrected chi connectivity index (χ2v) is 8.08. The van der Waals surface area contributed by atoms with E-state index in [0.717, 1.165) is 24.5 Å². The van der Waals surface area contributed by atoms with Crippen molar-refractivity contribution in [2.45, 2.75) is 43.8 Å². The van der Waals surface area contributed by atoms with E-state index < -0.39 is 11.7 Å². The summed E-state index contributed by atoms with van der Waals surface area (Å²) in [6.07, 6.45) is -1.70. The van der Waals surface area contributed by atoms with Gasteiger partial charge in [-0.15, -0.1) is 0 Å². The van der Waals surface area contributed by atoms with Gasteiger partial charge in [0.25, 0.3) is 0 Å². The molecule has 7 heteroatoms. The number of halogens is 4. The lowest BCUT2D eigenvalue weighted by molar-refractivity contribution is -0.138. The smallest absolute Gasteiger partial charge is 0.352 e. The first kappa shape index (κ1) is 21.7. The summed E-state index contributed by atoms with van der Waals surface area (Å²) in [6.45, 7) is 0.321. The van der Waals surface area contributed by atoms with Crippen LogP contribution < -0.4 is 11.1 Å². The monoisotopic (exact) mass is 424 g/mol. The molecule has 0 aromatic heterocycles. The van der Waals surface area contributed by atoms with Crippen LogP contribution in [0.15, 0.2) is 48.5 Å². The van der Waals surface area contributed by atoms with Crippen molar-refractivity contribution in [3.63, 3.8) is 0 Å². The lowest BCUT2D eigenvalue weighted by Gasteiger charge is -2.39. The van der Waals surface area contributed by atoms with Crippen molar-refractivity contribution in [2.75, 3.05) is 6.54 Å². The predicted octanol–water partition coefficient (Wildman–Crippen LogP) is 5.06. The molecule has 2 aromatic rings. The Morgan fingerprint density at radius 2 is 1.83 bits per heavy atom. The summed E-state index contributed by atoms with van der Waals surface area (Å²) in [5, 5.41) is 3.34. The van der Waals surface area contributed by atoms with Crippen LogP contribution in [0.4, 0.5) is 13.2 Å². The van der Waals surface area contributed by atoms with Crippen LogP contribution in [0.5, 0.6) is 0 Å². The molecule has 1 aliphatic rings. The first-order chi connectivity index (χ1) is 13.7. The summed E-state index contributed by atoms with van der Waals surface area (Å²) in [5.74, 6) is -0.439. The second kappa shape index (κ2) is 8.76. The standard InChI is InChI=1S/C22H24ClF3N2O/c23-18-6-3-5-17(12-18)21(14-27)10-8-15(9-11-21)20(29)28-13-16-4-1-2-7-19(16)22(24,25)26/h1-7,12,15H,8-11,13-14,27H2,(H,28,29). The summed E-state index contributed by atoms with van der Waals surface area (Å²) < 4.78 is 39.3. The quantitative estimate of drug-likeness (QED) is 0.704. The minimum atomic E-state index is -4.44. The van der Waals surface area contributed by atoms with E-state index >= 15 is 0 Å². The highest BCUT2D eigenvalue weighted by Gasteiger charge is 2.38. The van der Waals surface area contributed by atoms with E-state index in [-0.39, 0.29) is 29.3 Å². The lowest BCUT2D eigenvalue weighted by atomic mass is 9.66. The Balaban J connectivity index is 1.62. The average molecular weight is 425 g/mol. The summed E-state index contributed by atoms with van der Waals surface area (Å²) >= 11 is 6.12. The molecule has 3 N–H and O–H groups in total. The summed E-state index contributed by atoms with van der Waals surface area (Å²) in [6, 6.07) is 12.9. The molecule has 156 valence electrons. The number of nitrogens with one attached hydrogen (secondary N) is 1. The zero-order chi connectivity index (χ0) is 21.1. The molecule has 0 heterocycles. The van der Waals surface area contributed by atoms with E-state index in [1.54, 1.807) is 0 Å². The Labute approximate surface area is 173 Å². The summed E-state index contributed by atoms with van der Waals surface area (Å²) in [5.41, 5.74) is 6.29. The van der Waals surface area contributed by atoms with Gasteiger partial charge < -0.3 is 11.1 Å². The van der Waals surface area contributed by atoms with Gasteiger partial charge in [-0.05, 0) is 55.0 Å². The molecule has 1 fully saturated rings. The molecule has 3 nitrogen and oxygen atoms in total. The molecule has 0 atom stereocenters. The van der Waals surface area contributed by atoms with Crippen molar-refractivity contribution in [1.82, 2.24) is 5.32 Å². The zero-order valence-corrected chi connectivity index (χ0v) is 16.7. The van der Waals surface area contributed by atoms with Gasteiger partial charge in [-0.2, -0.15) is 13.2 Å². The molecule has 0 radical (unpaired) electrons. The highest BCUT2D eigenvalue weighted by Crippen LogP contribution is 2.41. The van der Waals surface area contributed by atoms with E-state index in [1.807, 2.05) is 24.3 Å². The van der Waals surface area contributed by atoms with Crippen LogP contribution in [0, 0.1) is 5.92 Å². The molecule has 0 spiro atoms. The van der Waals surface area contributed by atoms with Gasteiger partial charge in [0.2, 0.25) is 5.91 Å². The Bertz CT molecular complexity index is 861. The maximum Gasteiger partial charge on any atom is 0.416 e. The normalized spacial score (nSPS) is 22.3. The first-order valence-corrected chi connectivity index (χ1v) is 10.0. The largest absolute Gasteiger partial charge is 0.416 e. The molecular weight excluding hydrogens is 401 g/mol. The molecular formula is C22H24ClF3N2O. The molecule has 2 aromatic carbocycles. The van der Waals surface area contributed by atoms with Crippen molar-refractivity contribution in [3.8, 4) is 0 Å². The van der Waals surface area contributed by atoms with Crippen molar-refractivity contribution in [2.24, 2.45) is 11.7 Å². The molecule has 1 saturated carbocycles. The van der Waals surface area contributed by atoms with Crippen molar-refractivity contribution in [3.05, 3.63) is 70.2 Å². The molecule has 0 bridgehead atoms. The highest BCUT2D eigenvalue weighted by atomic mass is 35.5. The van der Waals surface area contributed by atoms with Crippen LogP contribution in [0.25, 0.3) is 0 Å². The Kier molecular flexibility index (Phi) is 6.54. The summed E-state index contributed by atoms with van der Waals surface area (Å²) in [4.78, 5) is 12.6. The third-order valence-electron chi connectivity index (χ3n) is 5.92. The minimum Gasteiger partial charge on any atom is -0.352 e. The topological polar surface area (TPSA) is 55.1 Å². The van der Waals surface area contributed by atoms with Gasteiger partial charge in [0, 0.05) is 29.4 Å². The van der Waals surface area contributed by atoms with Gasteiger partial charge in [0.05, 0.1) is 5.56 Å². The third-order valence-corrected chi connectivity index (χ3v) is 6.15. The van der Waals surface area contributed by atoms with Crippen LogP contribution in [0.3, 0.4) is 0 Å². The Hall–Kier alpha value is -2.05. The molecule has 0 aliphatic heterocycles. The number of carbonyl (C=O) groups excluding carboxylic acids is 1. The highest BCUT2D eigenvalue weighted by molar-refractivity contribution is 6.30. The maximum atomic E-state index is 13.1. The maximum absolute atomic E-state index is 13.1. The fraction of sp³-hybridized carbons (Fsp3) is 0.409. The van der Waals surface area contributed by atoms with E-state index in [2.05, 4.69) is 5.32 Å². The van der Waals surface area contributed by atoms with Gasteiger partial charge >= 0.3 is 6.18 Å². The molecule has 0 unspecified atom stereocenters. The van der Waals surface area contributed by atoms with E-state index in [0.29, 0.717) is 24.4 Å². The average Bonchev–Trinajstić information content (AvgIpc) is 2.71. The summed E-state index contributed by atoms with van der Waals surface area (Å²) in [7, 11) is 0. The van der Waals surface area contributed by atoms with Crippen LogP contribution in [-0.2, 0) is 22.9 Å². The fourth-order valence-electron chi connectivity index (χ4n) is 4.14. The number of nitrogens with two attached hydrogens (primary N) is 1. The van der Waals surface area contributed by atoms with E-state index in [1.165, 1.54) is 18.2 Å². The number of rotatable bonds is 5. The van der Waals surface area contributed by atoms with Crippen molar-refractivity contribution >= 4 is 17.5 Å². The van der Waals surface area contributed by atoms with Crippen LogP contribution in [0.1, 0.15) is 42.4 Å². The molecule has 29 heavy (non-hydrogen) atoms.